The first-order chi connectivity index (χ1) is 11.9. The minimum Gasteiger partial charge on any atom is -0.471 e. The Morgan fingerprint density at radius 1 is 1.20 bits per heavy atom. The van der Waals surface area contributed by atoms with Gasteiger partial charge in [0.25, 0.3) is 5.91 Å². The summed E-state index contributed by atoms with van der Waals surface area (Å²) in [5.74, 6) is 1.31. The van der Waals surface area contributed by atoms with Crippen LogP contribution in [0.4, 0.5) is 5.82 Å². The maximum atomic E-state index is 12.7. The summed E-state index contributed by atoms with van der Waals surface area (Å²) in [5, 5.41) is 0. The number of aromatic nitrogens is 2. The van der Waals surface area contributed by atoms with E-state index in [1.807, 2.05) is 49.9 Å². The van der Waals surface area contributed by atoms with Crippen LogP contribution in [0.5, 0.6) is 5.88 Å². The Morgan fingerprint density at radius 3 is 2.60 bits per heavy atom. The molecule has 1 saturated heterocycles. The van der Waals surface area contributed by atoms with Crippen molar-refractivity contribution in [2.45, 2.75) is 26.4 Å². The van der Waals surface area contributed by atoms with Crippen LogP contribution >= 0.6 is 0 Å². The fourth-order valence-electron chi connectivity index (χ4n) is 3.07. The van der Waals surface area contributed by atoms with Crippen LogP contribution in [0.25, 0.3) is 0 Å². The minimum absolute atomic E-state index is 0.0541. The second-order valence-corrected chi connectivity index (χ2v) is 6.77. The molecule has 0 radical (unpaired) electrons. The smallest absolute Gasteiger partial charge is 0.254 e. The molecule has 1 atom stereocenters. The fourth-order valence-corrected chi connectivity index (χ4v) is 3.07. The molecular weight excluding hydrogens is 316 g/mol. The van der Waals surface area contributed by atoms with Crippen molar-refractivity contribution in [2.24, 2.45) is 0 Å². The van der Waals surface area contributed by atoms with E-state index in [0.29, 0.717) is 19.0 Å². The zero-order chi connectivity index (χ0) is 18.0. The molecule has 6 nitrogen and oxygen atoms in total. The van der Waals surface area contributed by atoms with Crippen LogP contribution in [-0.2, 0) is 0 Å². The summed E-state index contributed by atoms with van der Waals surface area (Å²) >= 11 is 0. The van der Waals surface area contributed by atoms with Crippen molar-refractivity contribution in [3.8, 4) is 5.88 Å². The Morgan fingerprint density at radius 2 is 1.92 bits per heavy atom. The Labute approximate surface area is 148 Å². The van der Waals surface area contributed by atoms with Crippen molar-refractivity contribution in [1.82, 2.24) is 14.9 Å². The lowest BCUT2D eigenvalue weighted by atomic mass is 10.1. The molecular formula is C19H24N4O2. The van der Waals surface area contributed by atoms with Gasteiger partial charge >= 0.3 is 0 Å². The number of anilines is 1. The summed E-state index contributed by atoms with van der Waals surface area (Å²) in [6.07, 6.45) is 4.05. The predicted molar refractivity (Wildman–Crippen MR) is 97.2 cm³/mol. The Bertz CT molecular complexity index is 756. The van der Waals surface area contributed by atoms with Crippen molar-refractivity contribution in [3.05, 3.63) is 47.3 Å². The summed E-state index contributed by atoms with van der Waals surface area (Å²) in [6, 6.07) is 5.95. The lowest BCUT2D eigenvalue weighted by Gasteiger charge is -2.18. The van der Waals surface area contributed by atoms with E-state index in [9.17, 15) is 4.79 Å². The third kappa shape index (κ3) is 4.07. The SMILES string of the molecule is Cc1cc(C)cc(C(=O)N2CCC(Oc3cncc(N(C)C)n3)C2)c1. The van der Waals surface area contributed by atoms with Crippen molar-refractivity contribution in [2.75, 3.05) is 32.1 Å². The molecule has 0 saturated carbocycles. The van der Waals surface area contributed by atoms with Crippen LogP contribution in [0.2, 0.25) is 0 Å². The number of likely N-dealkylation sites (tertiary alicyclic amines) is 1. The molecule has 0 aliphatic carbocycles. The number of nitrogens with zero attached hydrogens (tertiary/aromatic N) is 4. The van der Waals surface area contributed by atoms with E-state index in [2.05, 4.69) is 16.0 Å². The third-order valence-corrected chi connectivity index (χ3v) is 4.25. The molecule has 0 N–H and O–H groups in total. The molecule has 0 bridgehead atoms. The van der Waals surface area contributed by atoms with E-state index < -0.39 is 0 Å². The van der Waals surface area contributed by atoms with Gasteiger partial charge in [0.15, 0.2) is 5.82 Å². The van der Waals surface area contributed by atoms with Gasteiger partial charge < -0.3 is 14.5 Å². The summed E-state index contributed by atoms with van der Waals surface area (Å²) in [5.41, 5.74) is 2.95. The van der Waals surface area contributed by atoms with E-state index in [0.717, 1.165) is 28.9 Å². The molecule has 1 unspecified atom stereocenters. The minimum atomic E-state index is -0.0541. The number of aryl methyl sites for hydroxylation is 2. The second-order valence-electron chi connectivity index (χ2n) is 6.77. The van der Waals surface area contributed by atoms with Crippen molar-refractivity contribution >= 4 is 11.7 Å². The van der Waals surface area contributed by atoms with E-state index in [4.69, 9.17) is 4.74 Å². The van der Waals surface area contributed by atoms with Crippen LogP contribution < -0.4 is 9.64 Å². The topological polar surface area (TPSA) is 58.6 Å². The Kier molecular flexibility index (Phi) is 4.88. The number of hydrogen-bond donors (Lipinski definition) is 0. The number of benzene rings is 1. The average molecular weight is 340 g/mol. The van der Waals surface area contributed by atoms with Gasteiger partial charge in [0.1, 0.15) is 6.10 Å². The lowest BCUT2D eigenvalue weighted by molar-refractivity contribution is 0.0771. The molecule has 132 valence electrons. The highest BCUT2D eigenvalue weighted by Crippen LogP contribution is 2.20. The van der Waals surface area contributed by atoms with Crippen molar-refractivity contribution < 1.29 is 9.53 Å². The van der Waals surface area contributed by atoms with Gasteiger partial charge in [-0.3, -0.25) is 9.78 Å². The monoisotopic (exact) mass is 340 g/mol. The Balaban J connectivity index is 1.65. The molecule has 1 aromatic heterocycles. The zero-order valence-electron chi connectivity index (χ0n) is 15.2. The van der Waals surface area contributed by atoms with Gasteiger partial charge in [0.2, 0.25) is 5.88 Å². The van der Waals surface area contributed by atoms with Gasteiger partial charge in [-0.25, -0.2) is 0 Å². The number of hydrogen-bond acceptors (Lipinski definition) is 5. The quantitative estimate of drug-likeness (QED) is 0.856. The molecule has 2 aromatic rings. The van der Waals surface area contributed by atoms with Crippen LogP contribution in [0, 0.1) is 13.8 Å². The summed E-state index contributed by atoms with van der Waals surface area (Å²) in [7, 11) is 3.82. The van der Waals surface area contributed by atoms with Crippen LogP contribution in [0.3, 0.4) is 0 Å². The number of carbonyl (C=O) groups is 1. The maximum absolute atomic E-state index is 12.7. The molecule has 1 aliphatic heterocycles. The summed E-state index contributed by atoms with van der Waals surface area (Å²) in [4.78, 5) is 25.0. The molecule has 1 amide bonds. The van der Waals surface area contributed by atoms with Gasteiger partial charge in [-0.05, 0) is 26.0 Å². The van der Waals surface area contributed by atoms with Crippen LogP contribution in [0.1, 0.15) is 27.9 Å². The van der Waals surface area contributed by atoms with Crippen LogP contribution in [0.15, 0.2) is 30.6 Å². The predicted octanol–water partition coefficient (Wildman–Crippen LogP) is 2.45. The van der Waals surface area contributed by atoms with Crippen molar-refractivity contribution in [3.63, 3.8) is 0 Å². The molecule has 1 fully saturated rings. The number of amides is 1. The van der Waals surface area contributed by atoms with Gasteiger partial charge in [-0.15, -0.1) is 0 Å². The van der Waals surface area contributed by atoms with Crippen LogP contribution in [-0.4, -0.2) is 54.1 Å². The first kappa shape index (κ1) is 17.2. The number of rotatable bonds is 4. The normalized spacial score (nSPS) is 16.8. The van der Waals surface area contributed by atoms with E-state index in [1.165, 1.54) is 0 Å². The number of ether oxygens (including phenoxy) is 1. The maximum Gasteiger partial charge on any atom is 0.254 e. The first-order valence-electron chi connectivity index (χ1n) is 8.46. The van der Waals surface area contributed by atoms with Gasteiger partial charge in [0, 0.05) is 32.6 Å². The highest BCUT2D eigenvalue weighted by Gasteiger charge is 2.28. The molecule has 1 aliphatic rings. The fraction of sp³-hybridized carbons (Fsp3) is 0.421. The molecule has 2 heterocycles. The van der Waals surface area contributed by atoms with E-state index >= 15 is 0 Å². The second kappa shape index (κ2) is 7.09. The summed E-state index contributed by atoms with van der Waals surface area (Å²) < 4.78 is 5.94. The molecule has 0 spiro atoms. The molecule has 1 aromatic carbocycles. The Hall–Kier alpha value is -2.63. The van der Waals surface area contributed by atoms with Gasteiger partial charge in [-0.1, -0.05) is 17.2 Å². The van der Waals surface area contributed by atoms with Crippen molar-refractivity contribution in [1.29, 1.82) is 0 Å². The third-order valence-electron chi connectivity index (χ3n) is 4.25. The highest BCUT2D eigenvalue weighted by molar-refractivity contribution is 5.94. The molecule has 3 rings (SSSR count). The highest BCUT2D eigenvalue weighted by atomic mass is 16.5. The average Bonchev–Trinajstić information content (AvgIpc) is 3.02. The largest absolute Gasteiger partial charge is 0.471 e. The van der Waals surface area contributed by atoms with Gasteiger partial charge in [-0.2, -0.15) is 4.98 Å². The standard InChI is InChI=1S/C19H24N4O2/c1-13-7-14(2)9-15(8-13)19(24)23-6-5-16(12-23)25-18-11-20-10-17(21-18)22(3)4/h7-11,16H,5-6,12H2,1-4H3. The molecule has 25 heavy (non-hydrogen) atoms. The zero-order valence-corrected chi connectivity index (χ0v) is 15.2. The first-order valence-corrected chi connectivity index (χ1v) is 8.46. The molecule has 6 heteroatoms. The number of carbonyl (C=O) groups excluding carboxylic acids is 1. The lowest BCUT2D eigenvalue weighted by Crippen LogP contribution is -2.31. The summed E-state index contributed by atoms with van der Waals surface area (Å²) in [6.45, 7) is 5.28. The van der Waals surface area contributed by atoms with E-state index in [-0.39, 0.29) is 12.0 Å². The van der Waals surface area contributed by atoms with Gasteiger partial charge in [0.05, 0.1) is 18.9 Å². The van der Waals surface area contributed by atoms with E-state index in [1.54, 1.807) is 12.4 Å².